The van der Waals surface area contributed by atoms with Gasteiger partial charge in [-0.25, -0.2) is 0 Å². The van der Waals surface area contributed by atoms with Crippen LogP contribution in [0.4, 0.5) is 5.69 Å². The molecule has 1 N–H and O–H groups in total. The van der Waals surface area contributed by atoms with Crippen molar-refractivity contribution in [1.82, 2.24) is 5.32 Å². The number of ether oxygens (including phenoxy) is 1. The number of anilines is 1. The van der Waals surface area contributed by atoms with Gasteiger partial charge in [0.05, 0.1) is 24.8 Å². The molecule has 4 nitrogen and oxygen atoms in total. The Labute approximate surface area is 154 Å². The summed E-state index contributed by atoms with van der Waals surface area (Å²) < 4.78 is 5.69. The molecule has 2 saturated heterocycles. The summed E-state index contributed by atoms with van der Waals surface area (Å²) in [6, 6.07) is 18.8. The van der Waals surface area contributed by atoms with E-state index >= 15 is 0 Å². The maximum Gasteiger partial charge on any atom is 0.244 e. The van der Waals surface area contributed by atoms with Crippen LogP contribution in [0.25, 0.3) is 6.08 Å². The van der Waals surface area contributed by atoms with Gasteiger partial charge in [0.1, 0.15) is 0 Å². The number of amides is 1. The van der Waals surface area contributed by atoms with Gasteiger partial charge >= 0.3 is 0 Å². The quantitative estimate of drug-likeness (QED) is 0.840. The Morgan fingerprint density at radius 3 is 2.81 bits per heavy atom. The van der Waals surface area contributed by atoms with Crippen molar-refractivity contribution in [3.8, 4) is 0 Å². The predicted octanol–water partition coefficient (Wildman–Crippen LogP) is 3.55. The SMILES string of the molecule is C[C@H](NC(=O)/C=C/c1ccccc1)c1cccc(N2C[C@@H]3C[C@H]2CO3)c1. The van der Waals surface area contributed by atoms with Crippen LogP contribution in [0.3, 0.4) is 0 Å². The third-order valence-electron chi connectivity index (χ3n) is 5.19. The van der Waals surface area contributed by atoms with E-state index in [0.717, 1.165) is 30.7 Å². The molecule has 4 rings (SSSR count). The van der Waals surface area contributed by atoms with Gasteiger partial charge in [-0.15, -0.1) is 0 Å². The number of carbonyl (C=O) groups is 1. The second-order valence-electron chi connectivity index (χ2n) is 7.07. The molecule has 26 heavy (non-hydrogen) atoms. The Hall–Kier alpha value is -2.59. The Balaban J connectivity index is 1.40. The lowest BCUT2D eigenvalue weighted by Crippen LogP contribution is -2.37. The Morgan fingerprint density at radius 1 is 1.23 bits per heavy atom. The summed E-state index contributed by atoms with van der Waals surface area (Å²) in [7, 11) is 0. The number of morpholine rings is 1. The molecule has 0 aliphatic carbocycles. The lowest BCUT2D eigenvalue weighted by atomic mass is 10.1. The fourth-order valence-electron chi connectivity index (χ4n) is 3.77. The number of fused-ring (bicyclic) bond motifs is 2. The monoisotopic (exact) mass is 348 g/mol. The summed E-state index contributed by atoms with van der Waals surface area (Å²) in [5, 5.41) is 3.05. The van der Waals surface area contributed by atoms with E-state index in [0.29, 0.717) is 12.1 Å². The minimum Gasteiger partial charge on any atom is -0.374 e. The topological polar surface area (TPSA) is 41.6 Å². The first-order chi connectivity index (χ1) is 12.7. The average molecular weight is 348 g/mol. The van der Waals surface area contributed by atoms with E-state index in [1.165, 1.54) is 5.69 Å². The smallest absolute Gasteiger partial charge is 0.244 e. The van der Waals surface area contributed by atoms with Crippen LogP contribution in [0.15, 0.2) is 60.7 Å². The molecule has 1 amide bonds. The van der Waals surface area contributed by atoms with Crippen molar-refractivity contribution in [2.24, 2.45) is 0 Å². The van der Waals surface area contributed by atoms with E-state index in [4.69, 9.17) is 4.74 Å². The molecule has 2 bridgehead atoms. The molecule has 2 aliphatic heterocycles. The van der Waals surface area contributed by atoms with Crippen LogP contribution in [0.5, 0.6) is 0 Å². The van der Waals surface area contributed by atoms with Crippen LogP contribution in [-0.2, 0) is 9.53 Å². The minimum atomic E-state index is -0.0830. The molecule has 3 atom stereocenters. The summed E-state index contributed by atoms with van der Waals surface area (Å²) in [6.45, 7) is 3.81. The predicted molar refractivity (Wildman–Crippen MR) is 104 cm³/mol. The van der Waals surface area contributed by atoms with Gasteiger partial charge in [-0.05, 0) is 42.7 Å². The van der Waals surface area contributed by atoms with Gasteiger partial charge in [0.15, 0.2) is 0 Å². The molecule has 134 valence electrons. The van der Waals surface area contributed by atoms with Crippen LogP contribution in [-0.4, -0.2) is 31.2 Å². The van der Waals surface area contributed by atoms with Crippen LogP contribution < -0.4 is 10.2 Å². The molecule has 2 aromatic carbocycles. The summed E-state index contributed by atoms with van der Waals surface area (Å²) in [5.74, 6) is -0.0830. The molecule has 2 heterocycles. The lowest BCUT2D eigenvalue weighted by molar-refractivity contribution is -0.117. The highest BCUT2D eigenvalue weighted by atomic mass is 16.5. The molecule has 0 radical (unpaired) electrons. The first kappa shape index (κ1) is 16.9. The maximum atomic E-state index is 12.2. The van der Waals surface area contributed by atoms with Gasteiger partial charge in [-0.2, -0.15) is 0 Å². The van der Waals surface area contributed by atoms with E-state index in [9.17, 15) is 4.79 Å². The van der Waals surface area contributed by atoms with Gasteiger partial charge in [0.25, 0.3) is 0 Å². The zero-order valence-corrected chi connectivity index (χ0v) is 15.0. The molecule has 0 aromatic heterocycles. The van der Waals surface area contributed by atoms with Crippen LogP contribution >= 0.6 is 0 Å². The van der Waals surface area contributed by atoms with Crippen molar-refractivity contribution in [2.75, 3.05) is 18.1 Å². The van der Waals surface area contributed by atoms with Gasteiger partial charge in [0, 0.05) is 18.3 Å². The first-order valence-electron chi connectivity index (χ1n) is 9.21. The first-order valence-corrected chi connectivity index (χ1v) is 9.21. The molecule has 4 heteroatoms. The van der Waals surface area contributed by atoms with Crippen molar-refractivity contribution in [3.05, 3.63) is 71.8 Å². The number of hydrogen-bond donors (Lipinski definition) is 1. The summed E-state index contributed by atoms with van der Waals surface area (Å²) in [6.07, 6.45) is 4.93. The van der Waals surface area contributed by atoms with Crippen molar-refractivity contribution in [3.63, 3.8) is 0 Å². The van der Waals surface area contributed by atoms with Crippen molar-refractivity contribution < 1.29 is 9.53 Å². The number of hydrogen-bond acceptors (Lipinski definition) is 3. The number of carbonyl (C=O) groups excluding carboxylic acids is 1. The largest absolute Gasteiger partial charge is 0.374 e. The average Bonchev–Trinajstić information content (AvgIpc) is 3.31. The van der Waals surface area contributed by atoms with Crippen molar-refractivity contribution >= 4 is 17.7 Å². The molecule has 2 aromatic rings. The summed E-state index contributed by atoms with van der Waals surface area (Å²) >= 11 is 0. The standard InChI is InChI=1S/C22H24N2O2/c1-16(23-22(25)11-10-17-6-3-2-4-7-17)18-8-5-9-19(12-18)24-14-21-13-20(24)15-26-21/h2-12,16,20-21H,13-15H2,1H3,(H,23,25)/b11-10+/t16-,20-,21-/m0/s1. The lowest BCUT2D eigenvalue weighted by Gasteiger charge is -2.29. The second-order valence-corrected chi connectivity index (χ2v) is 7.07. The maximum absolute atomic E-state index is 12.2. The van der Waals surface area contributed by atoms with Crippen LogP contribution in [0.1, 0.15) is 30.5 Å². The van der Waals surface area contributed by atoms with Crippen LogP contribution in [0, 0.1) is 0 Å². The molecular weight excluding hydrogens is 324 g/mol. The van der Waals surface area contributed by atoms with Gasteiger partial charge in [-0.3, -0.25) is 4.79 Å². The highest BCUT2D eigenvalue weighted by Gasteiger charge is 2.39. The molecule has 0 spiro atoms. The number of benzene rings is 2. The van der Waals surface area contributed by atoms with E-state index in [-0.39, 0.29) is 11.9 Å². The number of nitrogens with one attached hydrogen (secondary N) is 1. The Bertz CT molecular complexity index is 803. The highest BCUT2D eigenvalue weighted by molar-refractivity contribution is 5.92. The third kappa shape index (κ3) is 3.65. The van der Waals surface area contributed by atoms with E-state index in [1.54, 1.807) is 6.08 Å². The highest BCUT2D eigenvalue weighted by Crippen LogP contribution is 2.33. The third-order valence-corrected chi connectivity index (χ3v) is 5.19. The van der Waals surface area contributed by atoms with E-state index in [2.05, 4.69) is 34.5 Å². The van der Waals surface area contributed by atoms with E-state index in [1.807, 2.05) is 43.3 Å². The van der Waals surface area contributed by atoms with Crippen molar-refractivity contribution in [2.45, 2.75) is 31.5 Å². The minimum absolute atomic E-state index is 0.0427. The Morgan fingerprint density at radius 2 is 2.08 bits per heavy atom. The zero-order chi connectivity index (χ0) is 17.9. The zero-order valence-electron chi connectivity index (χ0n) is 15.0. The molecular formula is C22H24N2O2. The molecule has 0 unspecified atom stereocenters. The second kappa shape index (κ2) is 7.34. The summed E-state index contributed by atoms with van der Waals surface area (Å²) in [4.78, 5) is 14.7. The number of rotatable bonds is 5. The van der Waals surface area contributed by atoms with Gasteiger partial charge in [0.2, 0.25) is 5.91 Å². The van der Waals surface area contributed by atoms with Crippen molar-refractivity contribution in [1.29, 1.82) is 0 Å². The molecule has 0 saturated carbocycles. The van der Waals surface area contributed by atoms with Gasteiger partial charge < -0.3 is 15.0 Å². The normalized spacial score (nSPS) is 22.7. The Kier molecular flexibility index (Phi) is 4.76. The summed E-state index contributed by atoms with van der Waals surface area (Å²) in [5.41, 5.74) is 3.36. The molecule has 2 fully saturated rings. The molecule has 2 aliphatic rings. The fraction of sp³-hybridized carbons (Fsp3) is 0.318. The van der Waals surface area contributed by atoms with Gasteiger partial charge in [-0.1, -0.05) is 42.5 Å². The van der Waals surface area contributed by atoms with Crippen LogP contribution in [0.2, 0.25) is 0 Å². The fourth-order valence-corrected chi connectivity index (χ4v) is 3.77. The van der Waals surface area contributed by atoms with E-state index < -0.39 is 0 Å². The number of nitrogens with zero attached hydrogens (tertiary/aromatic N) is 1.